The third-order valence-corrected chi connectivity index (χ3v) is 5.20. The Morgan fingerprint density at radius 1 is 1.36 bits per heavy atom. The molecule has 1 atom stereocenters. The molecule has 28 heavy (non-hydrogen) atoms. The number of hydrogen-bond acceptors (Lipinski definition) is 6. The zero-order chi connectivity index (χ0) is 18.4. The van der Waals surface area contributed by atoms with Gasteiger partial charge >= 0.3 is 0 Å². The first-order valence-corrected chi connectivity index (χ1v) is 9.77. The van der Waals surface area contributed by atoms with Gasteiger partial charge in [0.1, 0.15) is 6.61 Å². The fraction of sp³-hybridized carbons (Fsp3) is 0.474. The van der Waals surface area contributed by atoms with E-state index in [1.54, 1.807) is 24.8 Å². The molecule has 0 spiro atoms. The summed E-state index contributed by atoms with van der Waals surface area (Å²) >= 11 is 1.53. The lowest BCUT2D eigenvalue weighted by Gasteiger charge is -2.32. The maximum absolute atomic E-state index is 12.9. The summed E-state index contributed by atoms with van der Waals surface area (Å²) in [7, 11) is 3.54. The molecule has 0 radical (unpaired) electrons. The van der Waals surface area contributed by atoms with Gasteiger partial charge in [-0.1, -0.05) is 0 Å². The molecule has 2 heterocycles. The average Bonchev–Trinajstić information content (AvgIpc) is 3.20. The predicted octanol–water partition coefficient (Wildman–Crippen LogP) is 3.65. The molecule has 0 bridgehead atoms. The van der Waals surface area contributed by atoms with Gasteiger partial charge in [0.05, 0.1) is 18.3 Å². The van der Waals surface area contributed by atoms with E-state index in [9.17, 15) is 4.79 Å². The maximum Gasteiger partial charge on any atom is 0.254 e. The lowest BCUT2D eigenvalue weighted by molar-refractivity contribution is 0.0674. The molecule has 1 amide bonds. The molecule has 6 nitrogen and oxygen atoms in total. The standard InChI is InChI=1S/C19H25N3O3S.2ClH/c1-20-9-14-4-3-7-22(10-14)19(23)15-5-6-17(18(8-15)24-2)25-11-16-12-26-13-21-16;;/h5-6,8,12-14,20H,3-4,7,9-11H2,1-2H3;2*1H. The van der Waals surface area contributed by atoms with Crippen molar-refractivity contribution in [2.75, 3.05) is 33.8 Å². The lowest BCUT2D eigenvalue weighted by Crippen LogP contribution is -2.42. The van der Waals surface area contributed by atoms with Crippen molar-refractivity contribution in [2.45, 2.75) is 19.4 Å². The fourth-order valence-electron chi connectivity index (χ4n) is 3.27. The fourth-order valence-corrected chi connectivity index (χ4v) is 3.81. The first kappa shape index (κ1) is 24.5. The molecule has 1 fully saturated rings. The molecule has 1 aromatic carbocycles. The Morgan fingerprint density at radius 3 is 2.86 bits per heavy atom. The summed E-state index contributed by atoms with van der Waals surface area (Å²) in [6.45, 7) is 2.93. The summed E-state index contributed by atoms with van der Waals surface area (Å²) in [5.41, 5.74) is 3.28. The van der Waals surface area contributed by atoms with E-state index in [1.807, 2.05) is 23.4 Å². The van der Waals surface area contributed by atoms with Gasteiger partial charge in [0.15, 0.2) is 11.5 Å². The summed E-state index contributed by atoms with van der Waals surface area (Å²) in [5, 5.41) is 5.16. The topological polar surface area (TPSA) is 63.7 Å². The monoisotopic (exact) mass is 447 g/mol. The largest absolute Gasteiger partial charge is 0.493 e. The summed E-state index contributed by atoms with van der Waals surface area (Å²) in [4.78, 5) is 19.0. The van der Waals surface area contributed by atoms with Gasteiger partial charge in [-0.15, -0.1) is 36.2 Å². The van der Waals surface area contributed by atoms with Crippen LogP contribution in [0.5, 0.6) is 11.5 Å². The molecule has 1 saturated heterocycles. The number of ether oxygens (including phenoxy) is 2. The summed E-state index contributed by atoms with van der Waals surface area (Å²) in [6.07, 6.45) is 2.21. The van der Waals surface area contributed by atoms with Crippen molar-refractivity contribution in [3.8, 4) is 11.5 Å². The molecular weight excluding hydrogens is 421 g/mol. The number of carbonyl (C=O) groups is 1. The number of benzene rings is 1. The third kappa shape index (κ3) is 6.24. The average molecular weight is 448 g/mol. The number of rotatable bonds is 7. The Morgan fingerprint density at radius 2 is 2.18 bits per heavy atom. The summed E-state index contributed by atoms with van der Waals surface area (Å²) in [5.74, 6) is 1.74. The number of carbonyl (C=O) groups excluding carboxylic acids is 1. The minimum absolute atomic E-state index is 0. The zero-order valence-corrected chi connectivity index (χ0v) is 18.5. The minimum atomic E-state index is 0. The van der Waals surface area contributed by atoms with E-state index < -0.39 is 0 Å². The number of nitrogens with one attached hydrogen (secondary N) is 1. The number of halogens is 2. The smallest absolute Gasteiger partial charge is 0.254 e. The summed E-state index contributed by atoms with van der Waals surface area (Å²) < 4.78 is 11.2. The number of hydrogen-bond donors (Lipinski definition) is 1. The van der Waals surface area contributed by atoms with E-state index in [-0.39, 0.29) is 30.7 Å². The van der Waals surface area contributed by atoms with Gasteiger partial charge in [-0.2, -0.15) is 0 Å². The molecule has 156 valence electrons. The van der Waals surface area contributed by atoms with Crippen LogP contribution in [0.25, 0.3) is 0 Å². The molecule has 3 rings (SSSR count). The van der Waals surface area contributed by atoms with Crippen LogP contribution in [0.4, 0.5) is 0 Å². The molecule has 1 N–H and O–H groups in total. The van der Waals surface area contributed by atoms with Gasteiger partial charge < -0.3 is 19.7 Å². The van der Waals surface area contributed by atoms with Gasteiger partial charge in [0, 0.05) is 24.0 Å². The van der Waals surface area contributed by atoms with E-state index in [1.165, 1.54) is 11.3 Å². The van der Waals surface area contributed by atoms with Crippen LogP contribution in [-0.2, 0) is 6.61 Å². The van der Waals surface area contributed by atoms with Crippen molar-refractivity contribution in [1.82, 2.24) is 15.2 Å². The number of methoxy groups -OCH3 is 1. The van der Waals surface area contributed by atoms with E-state index in [4.69, 9.17) is 9.47 Å². The van der Waals surface area contributed by atoms with Crippen LogP contribution < -0.4 is 14.8 Å². The Balaban J connectivity index is 0.00000196. The van der Waals surface area contributed by atoms with Crippen molar-refractivity contribution in [2.24, 2.45) is 5.92 Å². The molecule has 0 saturated carbocycles. The Bertz CT molecular complexity index is 729. The number of nitrogens with zero attached hydrogens (tertiary/aromatic N) is 2. The van der Waals surface area contributed by atoms with Crippen LogP contribution in [0.1, 0.15) is 28.9 Å². The highest BCUT2D eigenvalue weighted by atomic mass is 35.5. The van der Waals surface area contributed by atoms with Crippen molar-refractivity contribution >= 4 is 42.1 Å². The van der Waals surface area contributed by atoms with E-state index in [0.717, 1.165) is 38.2 Å². The third-order valence-electron chi connectivity index (χ3n) is 4.57. The highest BCUT2D eigenvalue weighted by Gasteiger charge is 2.24. The van der Waals surface area contributed by atoms with E-state index in [0.29, 0.717) is 29.6 Å². The first-order valence-electron chi connectivity index (χ1n) is 8.83. The zero-order valence-electron chi connectivity index (χ0n) is 16.1. The van der Waals surface area contributed by atoms with E-state index >= 15 is 0 Å². The van der Waals surface area contributed by atoms with Gasteiger partial charge in [0.2, 0.25) is 0 Å². The minimum Gasteiger partial charge on any atom is -0.493 e. The first-order chi connectivity index (χ1) is 12.7. The Hall–Kier alpha value is -1.54. The SMILES string of the molecule is CNCC1CCCN(C(=O)c2ccc(OCc3cscn3)c(OC)c2)C1.Cl.Cl. The van der Waals surface area contributed by atoms with Crippen LogP contribution in [-0.4, -0.2) is 49.6 Å². The highest BCUT2D eigenvalue weighted by molar-refractivity contribution is 7.07. The number of aromatic nitrogens is 1. The van der Waals surface area contributed by atoms with Gasteiger partial charge in [-0.05, 0) is 50.6 Å². The van der Waals surface area contributed by atoms with Gasteiger partial charge in [-0.3, -0.25) is 4.79 Å². The number of amides is 1. The van der Waals surface area contributed by atoms with Gasteiger partial charge in [0.25, 0.3) is 5.91 Å². The second-order valence-electron chi connectivity index (χ2n) is 6.45. The van der Waals surface area contributed by atoms with Crippen molar-refractivity contribution in [3.05, 3.63) is 40.3 Å². The van der Waals surface area contributed by atoms with Crippen molar-refractivity contribution in [3.63, 3.8) is 0 Å². The second kappa shape index (κ2) is 12.1. The number of piperidine rings is 1. The Labute approximate surface area is 182 Å². The number of thiazole rings is 1. The van der Waals surface area contributed by atoms with Crippen LogP contribution in [0.3, 0.4) is 0 Å². The molecule has 2 aromatic rings. The normalized spacial score (nSPS) is 15.9. The molecule has 9 heteroatoms. The maximum atomic E-state index is 12.9. The Kier molecular flexibility index (Phi) is 10.6. The van der Waals surface area contributed by atoms with Crippen LogP contribution in [0.15, 0.2) is 29.1 Å². The lowest BCUT2D eigenvalue weighted by atomic mass is 9.97. The molecular formula is C19H27Cl2N3O3S. The van der Waals surface area contributed by atoms with Gasteiger partial charge in [-0.25, -0.2) is 4.98 Å². The predicted molar refractivity (Wildman–Crippen MR) is 116 cm³/mol. The summed E-state index contributed by atoms with van der Waals surface area (Å²) in [6, 6.07) is 5.37. The molecule has 1 aliphatic heterocycles. The molecule has 1 unspecified atom stereocenters. The molecule has 1 aliphatic rings. The number of likely N-dealkylation sites (tertiary alicyclic amines) is 1. The van der Waals surface area contributed by atoms with Crippen molar-refractivity contribution in [1.29, 1.82) is 0 Å². The second-order valence-corrected chi connectivity index (χ2v) is 7.17. The quantitative estimate of drug-likeness (QED) is 0.701. The van der Waals surface area contributed by atoms with Crippen LogP contribution >= 0.6 is 36.2 Å². The molecule has 1 aromatic heterocycles. The van der Waals surface area contributed by atoms with E-state index in [2.05, 4.69) is 10.3 Å². The van der Waals surface area contributed by atoms with Crippen molar-refractivity contribution < 1.29 is 14.3 Å². The molecule has 0 aliphatic carbocycles. The van der Waals surface area contributed by atoms with Crippen LogP contribution in [0, 0.1) is 5.92 Å². The highest BCUT2D eigenvalue weighted by Crippen LogP contribution is 2.30. The van der Waals surface area contributed by atoms with Crippen LogP contribution in [0.2, 0.25) is 0 Å².